The van der Waals surface area contributed by atoms with Crippen LogP contribution in [0.25, 0.3) is 0 Å². The topological polar surface area (TPSA) is 50.8 Å². The summed E-state index contributed by atoms with van der Waals surface area (Å²) >= 11 is 0. The molecule has 0 saturated carbocycles. The molecule has 2 saturated heterocycles. The molecule has 2 atom stereocenters. The standard InChI is InChI=1S/C14H22N2O3/c1-10-8-14(3-5-15-6-4-14)13(17)16(10)11-7-12(18-2)19-9-11/h7,10,12,15H,3-6,8-9H2,1-2H3/t10-,12?/m0/s1. The van der Waals surface area contributed by atoms with Crippen LogP contribution in [0.3, 0.4) is 0 Å². The minimum Gasteiger partial charge on any atom is -0.352 e. The first kappa shape index (κ1) is 13.1. The van der Waals surface area contributed by atoms with E-state index in [-0.39, 0.29) is 23.7 Å². The van der Waals surface area contributed by atoms with E-state index in [0.29, 0.717) is 6.61 Å². The van der Waals surface area contributed by atoms with Gasteiger partial charge in [0.25, 0.3) is 0 Å². The molecule has 0 bridgehead atoms. The number of nitrogens with zero attached hydrogens (tertiary/aromatic N) is 1. The van der Waals surface area contributed by atoms with Crippen molar-refractivity contribution in [1.29, 1.82) is 0 Å². The Morgan fingerprint density at radius 1 is 1.47 bits per heavy atom. The van der Waals surface area contributed by atoms with E-state index in [1.165, 1.54) is 0 Å². The van der Waals surface area contributed by atoms with Gasteiger partial charge in [0, 0.05) is 18.8 Å². The fraction of sp³-hybridized carbons (Fsp3) is 0.786. The molecule has 0 aromatic carbocycles. The maximum atomic E-state index is 12.8. The summed E-state index contributed by atoms with van der Waals surface area (Å²) < 4.78 is 10.6. The van der Waals surface area contributed by atoms with Crippen molar-refractivity contribution in [1.82, 2.24) is 10.2 Å². The van der Waals surface area contributed by atoms with Crippen molar-refractivity contribution >= 4 is 5.91 Å². The van der Waals surface area contributed by atoms with Gasteiger partial charge >= 0.3 is 0 Å². The molecule has 3 rings (SSSR count). The summed E-state index contributed by atoms with van der Waals surface area (Å²) in [5, 5.41) is 3.34. The van der Waals surface area contributed by atoms with Gasteiger partial charge in [-0.3, -0.25) is 4.79 Å². The van der Waals surface area contributed by atoms with E-state index in [1.807, 2.05) is 11.0 Å². The maximum Gasteiger partial charge on any atom is 0.233 e. The van der Waals surface area contributed by atoms with Crippen LogP contribution in [0.1, 0.15) is 26.2 Å². The van der Waals surface area contributed by atoms with Gasteiger partial charge in [0.1, 0.15) is 0 Å². The van der Waals surface area contributed by atoms with E-state index in [0.717, 1.165) is 38.0 Å². The fourth-order valence-electron chi connectivity index (χ4n) is 3.64. The second kappa shape index (κ2) is 4.89. The number of rotatable bonds is 2. The van der Waals surface area contributed by atoms with E-state index in [4.69, 9.17) is 9.47 Å². The second-order valence-corrected chi connectivity index (χ2v) is 5.83. The first-order valence-electron chi connectivity index (χ1n) is 7.06. The molecule has 2 fully saturated rings. The molecule has 1 unspecified atom stereocenters. The van der Waals surface area contributed by atoms with E-state index in [9.17, 15) is 4.79 Å². The Hall–Kier alpha value is -0.910. The summed E-state index contributed by atoms with van der Waals surface area (Å²) in [4.78, 5) is 14.8. The third-order valence-corrected chi connectivity index (χ3v) is 4.63. The van der Waals surface area contributed by atoms with Crippen LogP contribution >= 0.6 is 0 Å². The Morgan fingerprint density at radius 3 is 2.84 bits per heavy atom. The molecule has 19 heavy (non-hydrogen) atoms. The average molecular weight is 266 g/mol. The van der Waals surface area contributed by atoms with Crippen LogP contribution in [0.15, 0.2) is 11.8 Å². The highest BCUT2D eigenvalue weighted by atomic mass is 16.7. The van der Waals surface area contributed by atoms with Crippen LogP contribution in [0.4, 0.5) is 0 Å². The van der Waals surface area contributed by atoms with E-state index < -0.39 is 0 Å². The third kappa shape index (κ3) is 2.10. The highest BCUT2D eigenvalue weighted by Gasteiger charge is 2.51. The summed E-state index contributed by atoms with van der Waals surface area (Å²) in [7, 11) is 1.62. The number of amides is 1. The number of likely N-dealkylation sites (tertiary alicyclic amines) is 1. The van der Waals surface area contributed by atoms with Crippen LogP contribution in [0.5, 0.6) is 0 Å². The van der Waals surface area contributed by atoms with Gasteiger partial charge in [-0.25, -0.2) is 0 Å². The predicted octanol–water partition coefficient (Wildman–Crippen LogP) is 0.864. The van der Waals surface area contributed by atoms with Gasteiger partial charge in [-0.05, 0) is 45.4 Å². The SMILES string of the molecule is COC1C=C(N2C(=O)C3(CCNCC3)C[C@@H]2C)CO1. The van der Waals surface area contributed by atoms with Crippen LogP contribution in [0.2, 0.25) is 0 Å². The van der Waals surface area contributed by atoms with Crippen molar-refractivity contribution in [3.8, 4) is 0 Å². The lowest BCUT2D eigenvalue weighted by Gasteiger charge is -2.32. The molecule has 3 aliphatic heterocycles. The smallest absolute Gasteiger partial charge is 0.233 e. The Kier molecular flexibility index (Phi) is 3.37. The largest absolute Gasteiger partial charge is 0.352 e. The van der Waals surface area contributed by atoms with Gasteiger partial charge < -0.3 is 19.7 Å². The summed E-state index contributed by atoms with van der Waals surface area (Å²) in [6, 6.07) is 0.260. The normalized spacial score (nSPS) is 34.1. The highest BCUT2D eigenvalue weighted by molar-refractivity contribution is 5.87. The molecule has 5 heteroatoms. The molecule has 1 spiro atoms. The van der Waals surface area contributed by atoms with E-state index in [1.54, 1.807) is 7.11 Å². The molecule has 106 valence electrons. The van der Waals surface area contributed by atoms with Gasteiger partial charge in [-0.2, -0.15) is 0 Å². The molecule has 5 nitrogen and oxygen atoms in total. The number of piperidine rings is 1. The van der Waals surface area contributed by atoms with Crippen LogP contribution in [-0.2, 0) is 14.3 Å². The molecule has 3 heterocycles. The third-order valence-electron chi connectivity index (χ3n) is 4.63. The minimum atomic E-state index is -0.306. The Labute approximate surface area is 113 Å². The Balaban J connectivity index is 1.81. The zero-order chi connectivity index (χ0) is 13.5. The first-order valence-corrected chi connectivity index (χ1v) is 7.06. The molecule has 1 amide bonds. The lowest BCUT2D eigenvalue weighted by Crippen LogP contribution is -2.42. The summed E-state index contributed by atoms with van der Waals surface area (Å²) in [5.41, 5.74) is 0.830. The van der Waals surface area contributed by atoms with Crippen LogP contribution in [0, 0.1) is 5.41 Å². The molecular formula is C14H22N2O3. The Morgan fingerprint density at radius 2 is 2.21 bits per heavy atom. The summed E-state index contributed by atoms with van der Waals surface area (Å²) in [6.45, 7) is 4.50. The zero-order valence-corrected chi connectivity index (χ0v) is 11.6. The van der Waals surface area contributed by atoms with E-state index >= 15 is 0 Å². The van der Waals surface area contributed by atoms with Gasteiger partial charge in [0.15, 0.2) is 6.29 Å². The monoisotopic (exact) mass is 266 g/mol. The molecular weight excluding hydrogens is 244 g/mol. The average Bonchev–Trinajstić information content (AvgIpc) is 2.96. The van der Waals surface area contributed by atoms with Gasteiger partial charge in [0.2, 0.25) is 5.91 Å². The van der Waals surface area contributed by atoms with Crippen LogP contribution < -0.4 is 5.32 Å². The van der Waals surface area contributed by atoms with Gasteiger partial charge in [-0.15, -0.1) is 0 Å². The molecule has 0 aromatic heterocycles. The van der Waals surface area contributed by atoms with Crippen molar-refractivity contribution in [3.63, 3.8) is 0 Å². The first-order chi connectivity index (χ1) is 9.16. The number of ether oxygens (including phenoxy) is 2. The van der Waals surface area contributed by atoms with Gasteiger partial charge in [-0.1, -0.05) is 0 Å². The second-order valence-electron chi connectivity index (χ2n) is 5.83. The number of nitrogens with one attached hydrogen (secondary N) is 1. The van der Waals surface area contributed by atoms with Crippen molar-refractivity contribution < 1.29 is 14.3 Å². The van der Waals surface area contributed by atoms with Crippen molar-refractivity contribution in [2.75, 3.05) is 26.8 Å². The number of methoxy groups -OCH3 is 1. The molecule has 3 aliphatic rings. The van der Waals surface area contributed by atoms with Gasteiger partial charge in [0.05, 0.1) is 12.0 Å². The molecule has 0 radical (unpaired) electrons. The quantitative estimate of drug-likeness (QED) is 0.805. The number of hydrogen-bond acceptors (Lipinski definition) is 4. The lowest BCUT2D eigenvalue weighted by molar-refractivity contribution is -0.136. The molecule has 0 aliphatic carbocycles. The van der Waals surface area contributed by atoms with Crippen molar-refractivity contribution in [3.05, 3.63) is 11.8 Å². The summed E-state index contributed by atoms with van der Waals surface area (Å²) in [6.07, 6.45) is 4.49. The zero-order valence-electron chi connectivity index (χ0n) is 11.6. The van der Waals surface area contributed by atoms with Crippen molar-refractivity contribution in [2.45, 2.75) is 38.5 Å². The predicted molar refractivity (Wildman–Crippen MR) is 70.3 cm³/mol. The molecule has 1 N–H and O–H groups in total. The minimum absolute atomic E-state index is 0.142. The molecule has 0 aromatic rings. The number of carbonyl (C=O) groups is 1. The highest BCUT2D eigenvalue weighted by Crippen LogP contribution is 2.45. The maximum absolute atomic E-state index is 12.8. The van der Waals surface area contributed by atoms with Crippen molar-refractivity contribution in [2.24, 2.45) is 5.41 Å². The number of carbonyl (C=O) groups excluding carboxylic acids is 1. The lowest BCUT2D eigenvalue weighted by atomic mass is 9.77. The fourth-order valence-corrected chi connectivity index (χ4v) is 3.64. The van der Waals surface area contributed by atoms with E-state index in [2.05, 4.69) is 12.2 Å². The summed E-state index contributed by atoms with van der Waals surface area (Å²) in [5.74, 6) is 0.285. The number of hydrogen-bond donors (Lipinski definition) is 1. The Bertz CT molecular complexity index is 401. The van der Waals surface area contributed by atoms with Crippen LogP contribution in [-0.4, -0.2) is 49.9 Å².